The first-order chi connectivity index (χ1) is 10.1. The Morgan fingerprint density at radius 2 is 1.95 bits per heavy atom. The number of para-hydroxylation sites is 1. The lowest BCUT2D eigenvalue weighted by molar-refractivity contribution is 0.462. The van der Waals surface area contributed by atoms with Crippen LogP contribution in [0.5, 0.6) is 5.75 Å². The zero-order valence-electron chi connectivity index (χ0n) is 11.7. The molecule has 0 aliphatic heterocycles. The summed E-state index contributed by atoms with van der Waals surface area (Å²) in [5, 5.41) is 17.8. The van der Waals surface area contributed by atoms with E-state index in [-0.39, 0.29) is 5.75 Å². The van der Waals surface area contributed by atoms with Crippen LogP contribution in [0.2, 0.25) is 0 Å². The van der Waals surface area contributed by atoms with Gasteiger partial charge >= 0.3 is 0 Å². The summed E-state index contributed by atoms with van der Waals surface area (Å²) in [7, 11) is 0. The molecule has 0 amide bonds. The van der Waals surface area contributed by atoms with E-state index in [0.717, 1.165) is 22.0 Å². The molecule has 0 aliphatic carbocycles. The van der Waals surface area contributed by atoms with Gasteiger partial charge in [-0.2, -0.15) is 0 Å². The van der Waals surface area contributed by atoms with Crippen LogP contribution in [0.3, 0.4) is 0 Å². The summed E-state index contributed by atoms with van der Waals surface area (Å²) in [6.45, 7) is 3.74. The van der Waals surface area contributed by atoms with E-state index in [1.54, 1.807) is 12.1 Å². The Bertz CT molecular complexity index is 764. The number of phenolic OH excluding ortho intramolecular Hbond substituents is 1. The number of thioether (sulfide) groups is 1. The molecule has 5 nitrogen and oxygen atoms in total. The molecular weight excluding hydrogens is 288 g/mol. The van der Waals surface area contributed by atoms with Crippen LogP contribution in [0.4, 0.5) is 0 Å². The number of furan rings is 1. The summed E-state index contributed by atoms with van der Waals surface area (Å²) >= 11 is 1.45. The lowest BCUT2D eigenvalue weighted by Crippen LogP contribution is -1.80. The van der Waals surface area contributed by atoms with Crippen molar-refractivity contribution in [2.24, 2.45) is 0 Å². The minimum absolute atomic E-state index is 0.253. The number of hydrogen-bond acceptors (Lipinski definition) is 6. The average Bonchev–Trinajstić information content (AvgIpc) is 3.04. The molecule has 21 heavy (non-hydrogen) atoms. The van der Waals surface area contributed by atoms with Crippen molar-refractivity contribution < 1.29 is 13.9 Å². The number of aromatic nitrogens is 2. The van der Waals surface area contributed by atoms with Crippen LogP contribution in [0.25, 0.3) is 11.5 Å². The Kier molecular flexibility index (Phi) is 3.70. The Morgan fingerprint density at radius 3 is 2.67 bits per heavy atom. The van der Waals surface area contributed by atoms with Gasteiger partial charge in [-0.3, -0.25) is 0 Å². The van der Waals surface area contributed by atoms with Gasteiger partial charge in [-0.1, -0.05) is 12.1 Å². The van der Waals surface area contributed by atoms with E-state index in [1.807, 2.05) is 32.0 Å². The maximum Gasteiger partial charge on any atom is 0.251 e. The first-order valence-corrected chi connectivity index (χ1v) is 7.42. The molecule has 0 aliphatic rings. The molecule has 6 heteroatoms. The predicted octanol–water partition coefficient (Wildman–Crippen LogP) is 3.94. The minimum atomic E-state index is 0.253. The van der Waals surface area contributed by atoms with E-state index >= 15 is 0 Å². The zero-order valence-corrected chi connectivity index (χ0v) is 12.5. The summed E-state index contributed by atoms with van der Waals surface area (Å²) in [4.78, 5) is 0.785. The number of benzene rings is 1. The maximum absolute atomic E-state index is 9.71. The highest BCUT2D eigenvalue weighted by Crippen LogP contribution is 2.31. The van der Waals surface area contributed by atoms with Crippen molar-refractivity contribution in [2.75, 3.05) is 0 Å². The van der Waals surface area contributed by atoms with E-state index in [1.165, 1.54) is 11.8 Å². The van der Waals surface area contributed by atoms with E-state index < -0.39 is 0 Å². The second-order valence-electron chi connectivity index (χ2n) is 4.58. The smallest absolute Gasteiger partial charge is 0.251 e. The van der Waals surface area contributed by atoms with Crippen molar-refractivity contribution in [3.05, 3.63) is 47.7 Å². The van der Waals surface area contributed by atoms with Gasteiger partial charge in [0.25, 0.3) is 5.89 Å². The minimum Gasteiger partial charge on any atom is -0.507 e. The molecule has 0 fully saturated rings. The largest absolute Gasteiger partial charge is 0.507 e. The zero-order chi connectivity index (χ0) is 14.8. The highest BCUT2D eigenvalue weighted by Gasteiger charge is 2.15. The summed E-state index contributed by atoms with van der Waals surface area (Å²) < 4.78 is 11.1. The van der Waals surface area contributed by atoms with Crippen molar-refractivity contribution in [3.8, 4) is 17.2 Å². The molecule has 1 aromatic carbocycles. The normalized spacial score (nSPS) is 11.0. The molecule has 3 aromatic rings. The Morgan fingerprint density at radius 1 is 1.14 bits per heavy atom. The number of rotatable bonds is 4. The number of aromatic hydroxyl groups is 1. The molecule has 0 atom stereocenters. The standard InChI is InChI=1S/C15H14N2O3S/c1-9-7-11(10(2)19-9)15-17-16-14(20-15)8-21-13-6-4-3-5-12(13)18/h3-7,18H,8H2,1-2H3. The molecule has 108 valence electrons. The lowest BCUT2D eigenvalue weighted by atomic mass is 10.2. The third kappa shape index (κ3) is 2.95. The predicted molar refractivity (Wildman–Crippen MR) is 79.1 cm³/mol. The Labute approximate surface area is 126 Å². The van der Waals surface area contributed by atoms with E-state index in [0.29, 0.717) is 17.5 Å². The van der Waals surface area contributed by atoms with Gasteiger partial charge in [0.15, 0.2) is 0 Å². The van der Waals surface area contributed by atoms with E-state index in [2.05, 4.69) is 10.2 Å². The summed E-state index contributed by atoms with van der Waals surface area (Å²) in [6.07, 6.45) is 0. The SMILES string of the molecule is Cc1cc(-c2nnc(CSc3ccccc3O)o2)c(C)o1. The van der Waals surface area contributed by atoms with Crippen LogP contribution in [0, 0.1) is 13.8 Å². The number of aryl methyl sites for hydroxylation is 2. The molecule has 0 saturated carbocycles. The first-order valence-electron chi connectivity index (χ1n) is 6.44. The Hall–Kier alpha value is -2.21. The van der Waals surface area contributed by atoms with Gasteiger partial charge in [-0.05, 0) is 32.0 Å². The fraction of sp³-hybridized carbons (Fsp3) is 0.200. The van der Waals surface area contributed by atoms with Gasteiger partial charge in [0.05, 0.1) is 11.3 Å². The molecule has 0 bridgehead atoms. The highest BCUT2D eigenvalue weighted by molar-refractivity contribution is 7.98. The molecule has 1 N–H and O–H groups in total. The molecule has 3 rings (SSSR count). The van der Waals surface area contributed by atoms with Crippen molar-refractivity contribution in [1.29, 1.82) is 0 Å². The number of nitrogens with zero attached hydrogens (tertiary/aromatic N) is 2. The van der Waals surface area contributed by atoms with Gasteiger partial charge in [0, 0.05) is 4.90 Å². The molecule has 0 unspecified atom stereocenters. The average molecular weight is 302 g/mol. The molecule has 0 spiro atoms. The fourth-order valence-electron chi connectivity index (χ4n) is 1.98. The number of hydrogen-bond donors (Lipinski definition) is 1. The maximum atomic E-state index is 9.71. The second kappa shape index (κ2) is 5.65. The topological polar surface area (TPSA) is 72.3 Å². The van der Waals surface area contributed by atoms with Crippen LogP contribution in [-0.4, -0.2) is 15.3 Å². The third-order valence-corrected chi connectivity index (χ3v) is 4.00. The Balaban J connectivity index is 1.74. The third-order valence-electron chi connectivity index (χ3n) is 2.95. The van der Waals surface area contributed by atoms with Crippen LogP contribution >= 0.6 is 11.8 Å². The molecule has 2 aromatic heterocycles. The van der Waals surface area contributed by atoms with Crippen LogP contribution in [0.15, 0.2) is 44.1 Å². The van der Waals surface area contributed by atoms with Crippen LogP contribution in [0.1, 0.15) is 17.4 Å². The van der Waals surface area contributed by atoms with Gasteiger partial charge in [0.2, 0.25) is 5.89 Å². The van der Waals surface area contributed by atoms with E-state index in [9.17, 15) is 5.11 Å². The second-order valence-corrected chi connectivity index (χ2v) is 5.60. The summed E-state index contributed by atoms with van der Waals surface area (Å²) in [6, 6.07) is 9.04. The summed E-state index contributed by atoms with van der Waals surface area (Å²) in [5.41, 5.74) is 0.818. The van der Waals surface area contributed by atoms with Crippen molar-refractivity contribution in [1.82, 2.24) is 10.2 Å². The molecule has 2 heterocycles. The number of phenols is 1. The highest BCUT2D eigenvalue weighted by atomic mass is 32.2. The first kappa shape index (κ1) is 13.8. The fourth-order valence-corrected chi connectivity index (χ4v) is 2.77. The van der Waals surface area contributed by atoms with Crippen molar-refractivity contribution >= 4 is 11.8 Å². The van der Waals surface area contributed by atoms with Crippen molar-refractivity contribution in [3.63, 3.8) is 0 Å². The quantitative estimate of drug-likeness (QED) is 0.736. The molecule has 0 saturated heterocycles. The van der Waals surface area contributed by atoms with Gasteiger partial charge in [-0.25, -0.2) is 0 Å². The van der Waals surface area contributed by atoms with Crippen LogP contribution < -0.4 is 0 Å². The lowest BCUT2D eigenvalue weighted by Gasteiger charge is -2.00. The van der Waals surface area contributed by atoms with Crippen molar-refractivity contribution in [2.45, 2.75) is 24.5 Å². The van der Waals surface area contributed by atoms with E-state index in [4.69, 9.17) is 8.83 Å². The van der Waals surface area contributed by atoms with Crippen LogP contribution in [-0.2, 0) is 5.75 Å². The van der Waals surface area contributed by atoms with Gasteiger partial charge in [-0.15, -0.1) is 22.0 Å². The molecule has 0 radical (unpaired) electrons. The van der Waals surface area contributed by atoms with Gasteiger partial charge < -0.3 is 13.9 Å². The summed E-state index contributed by atoms with van der Waals surface area (Å²) in [5.74, 6) is 3.29. The molecular formula is C15H14N2O3S. The van der Waals surface area contributed by atoms with Gasteiger partial charge in [0.1, 0.15) is 17.3 Å². The monoisotopic (exact) mass is 302 g/mol.